The van der Waals surface area contributed by atoms with Crippen molar-refractivity contribution < 1.29 is 14.3 Å². The lowest BCUT2D eigenvalue weighted by atomic mass is 9.94. The molecule has 0 spiro atoms. The largest absolute Gasteiger partial charge is 0.486 e. The number of carbonyl (C=O) groups excluding carboxylic acids is 1. The Morgan fingerprint density at radius 1 is 1.20 bits per heavy atom. The monoisotopic (exact) mass is 339 g/mol. The van der Waals surface area contributed by atoms with Gasteiger partial charge in [0.15, 0.2) is 11.5 Å². The van der Waals surface area contributed by atoms with Crippen molar-refractivity contribution in [2.75, 3.05) is 26.3 Å². The summed E-state index contributed by atoms with van der Waals surface area (Å²) in [6.45, 7) is 4.44. The number of piperidine rings is 1. The Morgan fingerprint density at radius 2 is 2.04 bits per heavy atom. The van der Waals surface area contributed by atoms with Crippen molar-refractivity contribution in [3.63, 3.8) is 0 Å². The molecule has 3 heterocycles. The highest BCUT2D eigenvalue weighted by Gasteiger charge is 2.27. The smallest absolute Gasteiger partial charge is 0.254 e. The molecular weight excluding hydrogens is 318 g/mol. The third-order valence-electron chi connectivity index (χ3n) is 4.69. The molecule has 0 unspecified atom stereocenters. The van der Waals surface area contributed by atoms with Crippen molar-refractivity contribution in [1.29, 1.82) is 0 Å². The number of likely N-dealkylation sites (tertiary alicyclic amines) is 1. The molecule has 2 aliphatic heterocycles. The van der Waals surface area contributed by atoms with Gasteiger partial charge in [0.2, 0.25) is 0 Å². The molecule has 0 radical (unpaired) electrons. The van der Waals surface area contributed by atoms with E-state index in [0.717, 1.165) is 30.8 Å². The van der Waals surface area contributed by atoms with E-state index in [4.69, 9.17) is 9.47 Å². The summed E-state index contributed by atoms with van der Waals surface area (Å²) in [5, 5.41) is 0. The highest BCUT2D eigenvalue weighted by molar-refractivity contribution is 5.95. The minimum atomic E-state index is 0.0299. The van der Waals surface area contributed by atoms with Crippen LogP contribution >= 0.6 is 0 Å². The summed E-state index contributed by atoms with van der Waals surface area (Å²) in [6.07, 6.45) is 5.57. The second-order valence-corrected chi connectivity index (χ2v) is 6.53. The first kappa shape index (κ1) is 15.9. The van der Waals surface area contributed by atoms with E-state index in [1.54, 1.807) is 12.3 Å². The Bertz CT molecular complexity index is 793. The molecule has 1 amide bonds. The van der Waals surface area contributed by atoms with Crippen LogP contribution in [0.25, 0.3) is 0 Å². The van der Waals surface area contributed by atoms with Crippen LogP contribution < -0.4 is 9.47 Å². The number of rotatable bonds is 2. The Hall–Kier alpha value is -2.63. The summed E-state index contributed by atoms with van der Waals surface area (Å²) in [7, 11) is 0. The Kier molecular flexibility index (Phi) is 4.26. The molecule has 1 aromatic carbocycles. The van der Waals surface area contributed by atoms with E-state index in [2.05, 4.69) is 9.97 Å². The van der Waals surface area contributed by atoms with Gasteiger partial charge in [-0.3, -0.25) is 14.8 Å². The third kappa shape index (κ3) is 3.29. The van der Waals surface area contributed by atoms with Gasteiger partial charge >= 0.3 is 0 Å². The van der Waals surface area contributed by atoms with Crippen molar-refractivity contribution in [3.8, 4) is 11.5 Å². The van der Waals surface area contributed by atoms with Crippen molar-refractivity contribution >= 4 is 5.91 Å². The standard InChI is InChI=1S/C19H21N3O3/c1-13-10-20-11-16(21-13)15-3-2-6-22(12-15)19(23)14-4-5-17-18(9-14)25-8-7-24-17/h4-5,9-11,15H,2-3,6-8,12H2,1H3/t15-/m0/s1. The van der Waals surface area contributed by atoms with E-state index < -0.39 is 0 Å². The van der Waals surface area contributed by atoms with Gasteiger partial charge in [0, 0.05) is 37.0 Å². The maximum absolute atomic E-state index is 12.9. The highest BCUT2D eigenvalue weighted by atomic mass is 16.6. The highest BCUT2D eigenvalue weighted by Crippen LogP contribution is 2.32. The molecule has 25 heavy (non-hydrogen) atoms. The lowest BCUT2D eigenvalue weighted by Gasteiger charge is -2.32. The lowest BCUT2D eigenvalue weighted by molar-refractivity contribution is 0.0704. The molecule has 6 nitrogen and oxygen atoms in total. The lowest BCUT2D eigenvalue weighted by Crippen LogP contribution is -2.39. The number of aromatic nitrogens is 2. The summed E-state index contributed by atoms with van der Waals surface area (Å²) in [5.41, 5.74) is 2.52. The first-order valence-corrected chi connectivity index (χ1v) is 8.68. The van der Waals surface area contributed by atoms with Gasteiger partial charge in [-0.25, -0.2) is 0 Å². The van der Waals surface area contributed by atoms with Crippen LogP contribution in [-0.4, -0.2) is 47.1 Å². The molecule has 6 heteroatoms. The summed E-state index contributed by atoms with van der Waals surface area (Å²) >= 11 is 0. The molecule has 1 saturated heterocycles. The zero-order valence-electron chi connectivity index (χ0n) is 14.3. The van der Waals surface area contributed by atoms with Crippen LogP contribution in [0, 0.1) is 6.92 Å². The maximum Gasteiger partial charge on any atom is 0.254 e. The number of carbonyl (C=O) groups is 1. The fourth-order valence-corrected chi connectivity index (χ4v) is 3.44. The first-order valence-electron chi connectivity index (χ1n) is 8.68. The van der Waals surface area contributed by atoms with Crippen LogP contribution in [0.1, 0.15) is 40.5 Å². The number of hydrogen-bond donors (Lipinski definition) is 0. The van der Waals surface area contributed by atoms with Gasteiger partial charge in [0.05, 0.1) is 11.4 Å². The average Bonchev–Trinajstić information content (AvgIpc) is 2.67. The quantitative estimate of drug-likeness (QED) is 0.841. The molecule has 4 rings (SSSR count). The summed E-state index contributed by atoms with van der Waals surface area (Å²) in [4.78, 5) is 23.7. The SMILES string of the molecule is Cc1cncc([C@H]2CCCN(C(=O)c3ccc4c(c3)OCCO4)C2)n1. The molecule has 1 atom stereocenters. The number of fused-ring (bicyclic) bond motifs is 1. The van der Waals surface area contributed by atoms with Gasteiger partial charge in [-0.15, -0.1) is 0 Å². The average molecular weight is 339 g/mol. The Balaban J connectivity index is 1.52. The van der Waals surface area contributed by atoms with E-state index in [9.17, 15) is 4.79 Å². The molecule has 130 valence electrons. The molecule has 0 saturated carbocycles. The fourth-order valence-electron chi connectivity index (χ4n) is 3.44. The molecule has 0 N–H and O–H groups in total. The van der Waals surface area contributed by atoms with Crippen LogP contribution in [0.5, 0.6) is 11.5 Å². The topological polar surface area (TPSA) is 64.6 Å². The predicted molar refractivity (Wildman–Crippen MR) is 92.1 cm³/mol. The number of aryl methyl sites for hydroxylation is 1. The Morgan fingerprint density at radius 3 is 2.88 bits per heavy atom. The normalized spacial score (nSPS) is 19.6. The van der Waals surface area contributed by atoms with Crippen molar-refractivity contribution in [2.24, 2.45) is 0 Å². The van der Waals surface area contributed by atoms with E-state index in [1.165, 1.54) is 0 Å². The molecule has 0 bridgehead atoms. The molecule has 2 aliphatic rings. The van der Waals surface area contributed by atoms with Crippen LogP contribution in [0.15, 0.2) is 30.6 Å². The van der Waals surface area contributed by atoms with Crippen molar-refractivity contribution in [2.45, 2.75) is 25.7 Å². The maximum atomic E-state index is 12.9. The van der Waals surface area contributed by atoms with E-state index in [-0.39, 0.29) is 11.8 Å². The fraction of sp³-hybridized carbons (Fsp3) is 0.421. The minimum Gasteiger partial charge on any atom is -0.486 e. The van der Waals surface area contributed by atoms with E-state index >= 15 is 0 Å². The van der Waals surface area contributed by atoms with Gasteiger partial charge in [0.25, 0.3) is 5.91 Å². The minimum absolute atomic E-state index is 0.0299. The Labute approximate surface area is 146 Å². The van der Waals surface area contributed by atoms with Crippen molar-refractivity contribution in [1.82, 2.24) is 14.9 Å². The van der Waals surface area contributed by atoms with Gasteiger partial charge < -0.3 is 14.4 Å². The number of nitrogens with zero attached hydrogens (tertiary/aromatic N) is 3. The summed E-state index contributed by atoms with van der Waals surface area (Å²) < 4.78 is 11.1. The molecule has 1 fully saturated rings. The summed E-state index contributed by atoms with van der Waals surface area (Å²) in [6, 6.07) is 5.41. The molecule has 1 aromatic heterocycles. The number of amides is 1. The molecule has 0 aliphatic carbocycles. The van der Waals surface area contributed by atoms with Gasteiger partial charge in [0.1, 0.15) is 13.2 Å². The number of ether oxygens (including phenoxy) is 2. The number of benzene rings is 1. The third-order valence-corrected chi connectivity index (χ3v) is 4.69. The van der Waals surface area contributed by atoms with Crippen LogP contribution in [0.4, 0.5) is 0 Å². The van der Waals surface area contributed by atoms with Crippen LogP contribution in [0.2, 0.25) is 0 Å². The van der Waals surface area contributed by atoms with Crippen LogP contribution in [-0.2, 0) is 0 Å². The second-order valence-electron chi connectivity index (χ2n) is 6.53. The van der Waals surface area contributed by atoms with Crippen LogP contribution in [0.3, 0.4) is 0 Å². The first-order chi connectivity index (χ1) is 12.2. The molecular formula is C19H21N3O3. The second kappa shape index (κ2) is 6.70. The van der Waals surface area contributed by atoms with Gasteiger partial charge in [-0.2, -0.15) is 0 Å². The zero-order chi connectivity index (χ0) is 17.2. The number of hydrogen-bond acceptors (Lipinski definition) is 5. The summed E-state index contributed by atoms with van der Waals surface area (Å²) in [5.74, 6) is 1.62. The van der Waals surface area contributed by atoms with E-state index in [0.29, 0.717) is 36.8 Å². The molecule has 2 aromatic rings. The van der Waals surface area contributed by atoms with Crippen molar-refractivity contribution in [3.05, 3.63) is 47.5 Å². The predicted octanol–water partition coefficient (Wildman–Crippen LogP) is 2.58. The van der Waals surface area contributed by atoms with Gasteiger partial charge in [-0.05, 0) is 38.0 Å². The van der Waals surface area contributed by atoms with E-state index in [1.807, 2.05) is 30.2 Å². The van der Waals surface area contributed by atoms with Gasteiger partial charge in [-0.1, -0.05) is 0 Å². The zero-order valence-corrected chi connectivity index (χ0v) is 14.3.